The molecule has 0 bridgehead atoms. The van der Waals surface area contributed by atoms with Crippen LogP contribution in [0.3, 0.4) is 0 Å². The maximum atomic E-state index is 11.7. The molecule has 1 aromatic carbocycles. The molecule has 1 aromatic heterocycles. The van der Waals surface area contributed by atoms with Gasteiger partial charge in [-0.25, -0.2) is 4.79 Å². The molecule has 0 atom stereocenters. The van der Waals surface area contributed by atoms with E-state index in [1.165, 1.54) is 6.07 Å². The predicted molar refractivity (Wildman–Crippen MR) is 67.4 cm³/mol. The van der Waals surface area contributed by atoms with Gasteiger partial charge in [0, 0.05) is 17.0 Å². The summed E-state index contributed by atoms with van der Waals surface area (Å²) >= 11 is 0. The molecule has 2 rings (SSSR count). The van der Waals surface area contributed by atoms with Gasteiger partial charge in [-0.15, -0.1) is 0 Å². The number of rotatable bonds is 4. The van der Waals surface area contributed by atoms with Crippen LogP contribution in [0, 0.1) is 0 Å². The zero-order valence-corrected chi connectivity index (χ0v) is 9.90. The molecule has 17 heavy (non-hydrogen) atoms. The third-order valence-electron chi connectivity index (χ3n) is 2.84. The number of aryl methyl sites for hydroxylation is 1. The molecule has 0 saturated carbocycles. The van der Waals surface area contributed by atoms with E-state index in [-0.39, 0.29) is 11.4 Å². The molecule has 0 saturated heterocycles. The molecular formula is C14H16O3. The number of phenolic OH excluding ortho intramolecular Hbond substituents is 1. The lowest BCUT2D eigenvalue weighted by molar-refractivity contribution is 0.472. The van der Waals surface area contributed by atoms with Gasteiger partial charge in [0.2, 0.25) is 0 Å². The predicted octanol–water partition coefficient (Wildman–Crippen LogP) is 3.23. The van der Waals surface area contributed by atoms with Crippen molar-refractivity contribution in [2.24, 2.45) is 0 Å². The highest BCUT2D eigenvalue weighted by Gasteiger charge is 2.05. The van der Waals surface area contributed by atoms with Crippen LogP contribution in [0.1, 0.15) is 31.7 Å². The van der Waals surface area contributed by atoms with E-state index in [2.05, 4.69) is 6.92 Å². The van der Waals surface area contributed by atoms with Crippen molar-refractivity contribution in [1.82, 2.24) is 0 Å². The summed E-state index contributed by atoms with van der Waals surface area (Å²) in [5, 5.41) is 10.2. The van der Waals surface area contributed by atoms with Gasteiger partial charge in [-0.3, -0.25) is 0 Å². The minimum absolute atomic E-state index is 0.111. The van der Waals surface area contributed by atoms with E-state index in [0.29, 0.717) is 5.58 Å². The molecule has 0 spiro atoms. The fourth-order valence-corrected chi connectivity index (χ4v) is 1.88. The lowest BCUT2D eigenvalue weighted by Gasteiger charge is -2.02. The van der Waals surface area contributed by atoms with Crippen molar-refractivity contribution >= 4 is 11.0 Å². The minimum Gasteiger partial charge on any atom is -0.508 e. The van der Waals surface area contributed by atoms with Gasteiger partial charge in [-0.2, -0.15) is 0 Å². The molecule has 1 N–H and O–H groups in total. The van der Waals surface area contributed by atoms with Crippen LogP contribution >= 0.6 is 0 Å². The molecular weight excluding hydrogens is 216 g/mol. The Morgan fingerprint density at radius 1 is 1.24 bits per heavy atom. The van der Waals surface area contributed by atoms with Crippen LogP contribution in [0.25, 0.3) is 11.0 Å². The Morgan fingerprint density at radius 3 is 2.82 bits per heavy atom. The largest absolute Gasteiger partial charge is 0.508 e. The van der Waals surface area contributed by atoms with Crippen LogP contribution in [0.4, 0.5) is 0 Å². The standard InChI is InChI=1S/C14H16O3/c1-2-3-4-5-11-8-10-6-7-12(15)9-13(10)17-14(11)16/h6-9,15H,2-5H2,1H3. The van der Waals surface area contributed by atoms with Crippen molar-refractivity contribution in [2.45, 2.75) is 32.6 Å². The summed E-state index contributed by atoms with van der Waals surface area (Å²) in [6, 6.07) is 6.68. The topological polar surface area (TPSA) is 50.4 Å². The Labute approximate surface area is 99.7 Å². The Morgan fingerprint density at radius 2 is 2.06 bits per heavy atom. The van der Waals surface area contributed by atoms with Gasteiger partial charge in [0.1, 0.15) is 11.3 Å². The molecule has 3 nitrogen and oxygen atoms in total. The lowest BCUT2D eigenvalue weighted by atomic mass is 10.1. The molecule has 0 amide bonds. The van der Waals surface area contributed by atoms with E-state index in [0.717, 1.165) is 36.6 Å². The van der Waals surface area contributed by atoms with E-state index in [4.69, 9.17) is 4.42 Å². The number of benzene rings is 1. The number of hydrogen-bond donors (Lipinski definition) is 1. The second-order valence-electron chi connectivity index (χ2n) is 4.24. The molecule has 0 aliphatic heterocycles. The van der Waals surface area contributed by atoms with Crippen molar-refractivity contribution in [3.63, 3.8) is 0 Å². The first-order valence-corrected chi connectivity index (χ1v) is 5.96. The lowest BCUT2D eigenvalue weighted by Crippen LogP contribution is -2.06. The molecule has 0 aliphatic carbocycles. The van der Waals surface area contributed by atoms with Crippen molar-refractivity contribution < 1.29 is 9.52 Å². The van der Waals surface area contributed by atoms with Gasteiger partial charge >= 0.3 is 5.63 Å². The average molecular weight is 232 g/mol. The fourth-order valence-electron chi connectivity index (χ4n) is 1.88. The second-order valence-corrected chi connectivity index (χ2v) is 4.24. The molecule has 0 aliphatic rings. The molecule has 0 fully saturated rings. The summed E-state index contributed by atoms with van der Waals surface area (Å²) in [5.74, 6) is 0.111. The zero-order chi connectivity index (χ0) is 12.3. The maximum absolute atomic E-state index is 11.7. The maximum Gasteiger partial charge on any atom is 0.339 e. The molecule has 0 radical (unpaired) electrons. The average Bonchev–Trinajstić information content (AvgIpc) is 2.30. The van der Waals surface area contributed by atoms with Crippen molar-refractivity contribution in [3.05, 3.63) is 40.2 Å². The first-order chi connectivity index (χ1) is 8.20. The molecule has 90 valence electrons. The summed E-state index contributed by atoms with van der Waals surface area (Å²) in [5.41, 5.74) is 0.866. The summed E-state index contributed by atoms with van der Waals surface area (Å²) < 4.78 is 5.19. The van der Waals surface area contributed by atoms with Crippen molar-refractivity contribution in [3.8, 4) is 5.75 Å². The van der Waals surface area contributed by atoms with Gasteiger partial charge in [0.15, 0.2) is 0 Å². The number of aromatic hydroxyl groups is 1. The molecule has 0 unspecified atom stereocenters. The number of phenols is 1. The van der Waals surface area contributed by atoms with Gasteiger partial charge in [-0.05, 0) is 31.0 Å². The van der Waals surface area contributed by atoms with E-state index < -0.39 is 0 Å². The Balaban J connectivity index is 2.35. The van der Waals surface area contributed by atoms with Gasteiger partial charge in [0.05, 0.1) is 0 Å². The Bertz CT molecular complexity index is 569. The normalized spacial score (nSPS) is 10.9. The highest BCUT2D eigenvalue weighted by Crippen LogP contribution is 2.19. The monoisotopic (exact) mass is 232 g/mol. The first kappa shape index (κ1) is 11.7. The van der Waals surface area contributed by atoms with Crippen molar-refractivity contribution in [2.75, 3.05) is 0 Å². The van der Waals surface area contributed by atoms with Crippen LogP contribution < -0.4 is 5.63 Å². The summed E-state index contributed by atoms with van der Waals surface area (Å²) in [7, 11) is 0. The van der Waals surface area contributed by atoms with Crippen LogP contribution in [0.2, 0.25) is 0 Å². The third-order valence-corrected chi connectivity index (χ3v) is 2.84. The van der Waals surface area contributed by atoms with E-state index >= 15 is 0 Å². The fraction of sp³-hybridized carbons (Fsp3) is 0.357. The quantitative estimate of drug-likeness (QED) is 0.650. The minimum atomic E-state index is -0.292. The molecule has 1 heterocycles. The number of hydrogen-bond acceptors (Lipinski definition) is 3. The number of fused-ring (bicyclic) bond motifs is 1. The summed E-state index contributed by atoms with van der Waals surface area (Å²) in [4.78, 5) is 11.7. The highest BCUT2D eigenvalue weighted by atomic mass is 16.4. The van der Waals surface area contributed by atoms with Gasteiger partial charge in [-0.1, -0.05) is 19.8 Å². The van der Waals surface area contributed by atoms with Gasteiger partial charge in [0.25, 0.3) is 0 Å². The smallest absolute Gasteiger partial charge is 0.339 e. The van der Waals surface area contributed by atoms with Crippen LogP contribution in [-0.4, -0.2) is 5.11 Å². The Hall–Kier alpha value is -1.77. The SMILES string of the molecule is CCCCCc1cc2ccc(O)cc2oc1=O. The zero-order valence-electron chi connectivity index (χ0n) is 9.90. The van der Waals surface area contributed by atoms with Crippen LogP contribution in [0.5, 0.6) is 5.75 Å². The molecule has 2 aromatic rings. The first-order valence-electron chi connectivity index (χ1n) is 5.96. The van der Waals surface area contributed by atoms with Gasteiger partial charge < -0.3 is 9.52 Å². The van der Waals surface area contributed by atoms with E-state index in [9.17, 15) is 9.90 Å². The number of unbranched alkanes of at least 4 members (excludes halogenated alkanes) is 2. The Kier molecular flexibility index (Phi) is 3.47. The summed E-state index contributed by atoms with van der Waals surface area (Å²) in [6.07, 6.45) is 4.01. The molecule has 3 heteroatoms. The third kappa shape index (κ3) is 2.67. The van der Waals surface area contributed by atoms with Crippen LogP contribution in [-0.2, 0) is 6.42 Å². The summed E-state index contributed by atoms with van der Waals surface area (Å²) in [6.45, 7) is 2.13. The van der Waals surface area contributed by atoms with Crippen LogP contribution in [0.15, 0.2) is 33.5 Å². The second kappa shape index (κ2) is 5.04. The van der Waals surface area contributed by atoms with E-state index in [1.807, 2.05) is 6.07 Å². The van der Waals surface area contributed by atoms with E-state index in [1.54, 1.807) is 12.1 Å². The van der Waals surface area contributed by atoms with Crippen molar-refractivity contribution in [1.29, 1.82) is 0 Å². The highest BCUT2D eigenvalue weighted by molar-refractivity contribution is 5.78.